The number of nitrogens with one attached hydrogen (secondary N) is 1. The molecule has 1 aromatic rings. The van der Waals surface area contributed by atoms with Gasteiger partial charge < -0.3 is 10.1 Å². The van der Waals surface area contributed by atoms with Crippen molar-refractivity contribution >= 4 is 5.69 Å². The molecule has 0 aromatic heterocycles. The van der Waals surface area contributed by atoms with Crippen LogP contribution in [0.5, 0.6) is 0 Å². The van der Waals surface area contributed by atoms with E-state index in [4.69, 9.17) is 4.74 Å². The van der Waals surface area contributed by atoms with Crippen molar-refractivity contribution in [1.82, 2.24) is 0 Å². The van der Waals surface area contributed by atoms with Crippen molar-refractivity contribution in [2.24, 2.45) is 0 Å². The lowest BCUT2D eigenvalue weighted by molar-refractivity contribution is 0.121. The van der Waals surface area contributed by atoms with Crippen LogP contribution in [0.4, 0.5) is 14.5 Å². The SMILES string of the molecule is C[C@@H]1OCC[C@H]1Nc1cc(F)cc(F)c1. The quantitative estimate of drug-likeness (QED) is 0.815. The molecule has 2 atom stereocenters. The van der Waals surface area contributed by atoms with Gasteiger partial charge in [0.2, 0.25) is 0 Å². The fourth-order valence-electron chi connectivity index (χ4n) is 1.77. The molecule has 4 heteroatoms. The van der Waals surface area contributed by atoms with Gasteiger partial charge in [-0.05, 0) is 25.5 Å². The van der Waals surface area contributed by atoms with E-state index in [9.17, 15) is 8.78 Å². The highest BCUT2D eigenvalue weighted by molar-refractivity contribution is 5.45. The molecule has 1 fully saturated rings. The van der Waals surface area contributed by atoms with Crippen molar-refractivity contribution < 1.29 is 13.5 Å². The van der Waals surface area contributed by atoms with Crippen molar-refractivity contribution in [3.63, 3.8) is 0 Å². The predicted octanol–water partition coefficient (Wildman–Crippen LogP) is 2.55. The van der Waals surface area contributed by atoms with E-state index >= 15 is 0 Å². The molecule has 1 N–H and O–H groups in total. The van der Waals surface area contributed by atoms with Gasteiger partial charge in [-0.15, -0.1) is 0 Å². The largest absolute Gasteiger partial charge is 0.379 e. The van der Waals surface area contributed by atoms with Crippen LogP contribution in [-0.2, 0) is 4.74 Å². The minimum atomic E-state index is -0.566. The minimum absolute atomic E-state index is 0.0799. The van der Waals surface area contributed by atoms with E-state index in [-0.39, 0.29) is 12.1 Å². The standard InChI is InChI=1S/C11H13F2NO/c1-7-11(2-3-15-7)14-10-5-8(12)4-9(13)6-10/h4-7,11,14H,2-3H2,1H3/t7-,11+/m0/s1. The molecule has 0 saturated carbocycles. The Bertz CT molecular complexity index is 336. The molecule has 0 amide bonds. The van der Waals surface area contributed by atoms with Crippen LogP contribution in [0.2, 0.25) is 0 Å². The summed E-state index contributed by atoms with van der Waals surface area (Å²) in [6, 6.07) is 3.56. The van der Waals surface area contributed by atoms with Gasteiger partial charge in [-0.3, -0.25) is 0 Å². The van der Waals surface area contributed by atoms with Crippen LogP contribution >= 0.6 is 0 Å². The summed E-state index contributed by atoms with van der Waals surface area (Å²) in [7, 11) is 0. The zero-order chi connectivity index (χ0) is 10.8. The third-order valence-corrected chi connectivity index (χ3v) is 2.59. The lowest BCUT2D eigenvalue weighted by Gasteiger charge is -2.17. The summed E-state index contributed by atoms with van der Waals surface area (Å²) in [4.78, 5) is 0. The van der Waals surface area contributed by atoms with E-state index in [0.717, 1.165) is 12.5 Å². The molecule has 82 valence electrons. The monoisotopic (exact) mass is 213 g/mol. The lowest BCUT2D eigenvalue weighted by atomic mass is 10.1. The van der Waals surface area contributed by atoms with E-state index in [1.54, 1.807) is 0 Å². The van der Waals surface area contributed by atoms with E-state index in [1.807, 2.05) is 6.92 Å². The second-order valence-corrected chi connectivity index (χ2v) is 3.77. The molecule has 0 aliphatic carbocycles. The number of halogens is 2. The molecule has 1 heterocycles. The molecule has 1 aliphatic rings. The molecule has 2 rings (SSSR count). The Kier molecular flexibility index (Phi) is 2.86. The Morgan fingerprint density at radius 2 is 1.93 bits per heavy atom. The van der Waals surface area contributed by atoms with Gasteiger partial charge in [-0.1, -0.05) is 0 Å². The average molecular weight is 213 g/mol. The first-order valence-corrected chi connectivity index (χ1v) is 4.99. The van der Waals surface area contributed by atoms with Gasteiger partial charge in [0.05, 0.1) is 12.1 Å². The highest BCUT2D eigenvalue weighted by Crippen LogP contribution is 2.20. The van der Waals surface area contributed by atoms with Crippen LogP contribution < -0.4 is 5.32 Å². The topological polar surface area (TPSA) is 21.3 Å². The lowest BCUT2D eigenvalue weighted by Crippen LogP contribution is -2.26. The number of ether oxygens (including phenoxy) is 1. The first kappa shape index (κ1) is 10.4. The summed E-state index contributed by atoms with van der Waals surface area (Å²) >= 11 is 0. The fraction of sp³-hybridized carbons (Fsp3) is 0.455. The molecule has 0 spiro atoms. The summed E-state index contributed by atoms with van der Waals surface area (Å²) in [6.07, 6.45) is 0.940. The molecule has 1 aromatic carbocycles. The van der Waals surface area contributed by atoms with Gasteiger partial charge in [-0.2, -0.15) is 0 Å². The van der Waals surface area contributed by atoms with Crippen molar-refractivity contribution in [2.75, 3.05) is 11.9 Å². The smallest absolute Gasteiger partial charge is 0.128 e. The van der Waals surface area contributed by atoms with E-state index in [0.29, 0.717) is 12.3 Å². The number of hydrogen-bond acceptors (Lipinski definition) is 2. The van der Waals surface area contributed by atoms with Gasteiger partial charge in [0.1, 0.15) is 11.6 Å². The van der Waals surface area contributed by atoms with Crippen LogP contribution in [0.3, 0.4) is 0 Å². The summed E-state index contributed by atoms with van der Waals surface area (Å²) in [5.41, 5.74) is 0.467. The van der Waals surface area contributed by atoms with Crippen LogP contribution in [0.25, 0.3) is 0 Å². The average Bonchev–Trinajstić information content (AvgIpc) is 2.50. The maximum absolute atomic E-state index is 12.9. The van der Waals surface area contributed by atoms with E-state index < -0.39 is 11.6 Å². The molecular weight excluding hydrogens is 200 g/mol. The number of hydrogen-bond donors (Lipinski definition) is 1. The van der Waals surface area contributed by atoms with Crippen LogP contribution in [0, 0.1) is 11.6 Å². The van der Waals surface area contributed by atoms with E-state index in [1.165, 1.54) is 12.1 Å². The Morgan fingerprint density at radius 3 is 2.47 bits per heavy atom. The molecule has 1 saturated heterocycles. The summed E-state index contributed by atoms with van der Waals surface area (Å²) in [5, 5.41) is 3.07. The highest BCUT2D eigenvalue weighted by Gasteiger charge is 2.23. The van der Waals surface area contributed by atoms with Crippen molar-refractivity contribution in [1.29, 1.82) is 0 Å². The summed E-state index contributed by atoms with van der Waals surface area (Å²) in [6.45, 7) is 2.64. The van der Waals surface area contributed by atoms with Gasteiger partial charge in [0, 0.05) is 18.4 Å². The highest BCUT2D eigenvalue weighted by atomic mass is 19.1. The molecule has 0 bridgehead atoms. The maximum atomic E-state index is 12.9. The van der Waals surface area contributed by atoms with E-state index in [2.05, 4.69) is 5.32 Å². The fourth-order valence-corrected chi connectivity index (χ4v) is 1.77. The number of benzene rings is 1. The molecule has 15 heavy (non-hydrogen) atoms. The zero-order valence-electron chi connectivity index (χ0n) is 8.47. The summed E-state index contributed by atoms with van der Waals surface area (Å²) < 4.78 is 31.1. The van der Waals surface area contributed by atoms with Gasteiger partial charge in [-0.25, -0.2) is 8.78 Å². The third-order valence-electron chi connectivity index (χ3n) is 2.59. The first-order chi connectivity index (χ1) is 7.15. The Hall–Kier alpha value is -1.16. The maximum Gasteiger partial charge on any atom is 0.128 e. The third kappa shape index (κ3) is 2.45. The normalized spacial score (nSPS) is 25.5. The minimum Gasteiger partial charge on any atom is -0.379 e. The number of rotatable bonds is 2. The first-order valence-electron chi connectivity index (χ1n) is 4.99. The molecular formula is C11H13F2NO. The number of anilines is 1. The second kappa shape index (κ2) is 4.14. The zero-order valence-corrected chi connectivity index (χ0v) is 8.47. The predicted molar refractivity (Wildman–Crippen MR) is 53.8 cm³/mol. The van der Waals surface area contributed by atoms with Crippen molar-refractivity contribution in [2.45, 2.75) is 25.5 Å². The molecule has 0 unspecified atom stereocenters. The summed E-state index contributed by atoms with van der Waals surface area (Å²) in [5.74, 6) is -1.13. The Labute approximate surface area is 87.2 Å². The van der Waals surface area contributed by atoms with Crippen LogP contribution in [-0.4, -0.2) is 18.8 Å². The van der Waals surface area contributed by atoms with Crippen molar-refractivity contribution in [3.8, 4) is 0 Å². The molecule has 1 aliphatic heterocycles. The van der Waals surface area contributed by atoms with Gasteiger partial charge in [0.15, 0.2) is 0 Å². The van der Waals surface area contributed by atoms with Gasteiger partial charge in [0.25, 0.3) is 0 Å². The van der Waals surface area contributed by atoms with Crippen LogP contribution in [0.15, 0.2) is 18.2 Å². The molecule has 2 nitrogen and oxygen atoms in total. The Balaban J connectivity index is 2.10. The Morgan fingerprint density at radius 1 is 1.27 bits per heavy atom. The van der Waals surface area contributed by atoms with Gasteiger partial charge >= 0.3 is 0 Å². The second-order valence-electron chi connectivity index (χ2n) is 3.77. The van der Waals surface area contributed by atoms with Crippen molar-refractivity contribution in [3.05, 3.63) is 29.8 Å². The van der Waals surface area contributed by atoms with Crippen LogP contribution in [0.1, 0.15) is 13.3 Å². The molecule has 0 radical (unpaired) electrons.